The maximum absolute atomic E-state index is 5.89. The number of ether oxygens (including phenoxy) is 1. The lowest BCUT2D eigenvalue weighted by molar-refractivity contribution is 0.0855. The van der Waals surface area contributed by atoms with E-state index in [-0.39, 0.29) is 0 Å². The monoisotopic (exact) mass is 264 g/mol. The molecule has 0 radical (unpaired) electrons. The van der Waals surface area contributed by atoms with Gasteiger partial charge in [-0.1, -0.05) is 26.0 Å². The van der Waals surface area contributed by atoms with Gasteiger partial charge in [0.15, 0.2) is 0 Å². The summed E-state index contributed by atoms with van der Waals surface area (Å²) >= 11 is 0. The van der Waals surface area contributed by atoms with Crippen LogP contribution in [-0.4, -0.2) is 31.2 Å². The molecule has 1 rings (SSSR count). The molecule has 19 heavy (non-hydrogen) atoms. The third-order valence-corrected chi connectivity index (χ3v) is 3.86. The molecule has 108 valence electrons. The van der Waals surface area contributed by atoms with Crippen molar-refractivity contribution in [3.63, 3.8) is 0 Å². The molecule has 0 aromatic heterocycles. The molecule has 1 aromatic carbocycles. The highest BCUT2D eigenvalue weighted by atomic mass is 16.5. The molecular formula is C16H28N2O. The van der Waals surface area contributed by atoms with E-state index in [0.717, 1.165) is 31.7 Å². The smallest absolute Gasteiger partial charge is 0.0590 e. The van der Waals surface area contributed by atoms with Crippen molar-refractivity contribution in [2.45, 2.75) is 45.7 Å². The fraction of sp³-hybridized carbons (Fsp3) is 0.625. The first kappa shape index (κ1) is 16.0. The van der Waals surface area contributed by atoms with E-state index in [2.05, 4.69) is 37.8 Å². The van der Waals surface area contributed by atoms with Crippen molar-refractivity contribution in [3.8, 4) is 0 Å². The highest BCUT2D eigenvalue weighted by molar-refractivity contribution is 5.41. The summed E-state index contributed by atoms with van der Waals surface area (Å²) in [5.74, 6) is 0. The third kappa shape index (κ3) is 4.51. The summed E-state index contributed by atoms with van der Waals surface area (Å²) in [5.41, 5.74) is 8.01. The van der Waals surface area contributed by atoms with E-state index in [9.17, 15) is 0 Å². The lowest BCUT2D eigenvalue weighted by Gasteiger charge is -2.36. The summed E-state index contributed by atoms with van der Waals surface area (Å²) in [6.45, 7) is 8.48. The largest absolute Gasteiger partial charge is 0.399 e. The maximum Gasteiger partial charge on any atom is 0.0590 e. The van der Waals surface area contributed by atoms with Crippen LogP contribution in [0.2, 0.25) is 0 Å². The van der Waals surface area contributed by atoms with Crippen LogP contribution in [0.4, 0.5) is 5.69 Å². The van der Waals surface area contributed by atoms with Crippen LogP contribution in [-0.2, 0) is 4.74 Å². The second kappa shape index (κ2) is 8.18. The lowest BCUT2D eigenvalue weighted by Crippen LogP contribution is -2.39. The molecule has 1 unspecified atom stereocenters. The van der Waals surface area contributed by atoms with E-state index in [1.165, 1.54) is 5.56 Å². The fourth-order valence-electron chi connectivity index (χ4n) is 2.66. The van der Waals surface area contributed by atoms with Gasteiger partial charge in [0.2, 0.25) is 0 Å². The van der Waals surface area contributed by atoms with Crippen LogP contribution >= 0.6 is 0 Å². The Hall–Kier alpha value is -1.06. The van der Waals surface area contributed by atoms with Gasteiger partial charge in [-0.2, -0.15) is 0 Å². The molecule has 0 fully saturated rings. The minimum absolute atomic E-state index is 0.364. The van der Waals surface area contributed by atoms with Gasteiger partial charge in [-0.25, -0.2) is 0 Å². The first-order valence-corrected chi connectivity index (χ1v) is 7.24. The number of benzene rings is 1. The molecule has 0 aliphatic heterocycles. The first-order valence-electron chi connectivity index (χ1n) is 7.24. The first-order chi connectivity index (χ1) is 9.13. The van der Waals surface area contributed by atoms with E-state index in [1.54, 1.807) is 7.11 Å². The number of nitrogen functional groups attached to an aromatic ring is 1. The van der Waals surface area contributed by atoms with Gasteiger partial charge >= 0.3 is 0 Å². The molecule has 3 heteroatoms. The van der Waals surface area contributed by atoms with Crippen LogP contribution in [0.25, 0.3) is 0 Å². The molecule has 0 heterocycles. The second-order valence-electron chi connectivity index (χ2n) is 5.05. The predicted molar refractivity (Wildman–Crippen MR) is 82.2 cm³/mol. The summed E-state index contributed by atoms with van der Waals surface area (Å²) in [7, 11) is 1.76. The van der Waals surface area contributed by atoms with E-state index >= 15 is 0 Å². The highest BCUT2D eigenvalue weighted by Crippen LogP contribution is 2.26. The van der Waals surface area contributed by atoms with E-state index in [0.29, 0.717) is 12.1 Å². The Morgan fingerprint density at radius 2 is 1.95 bits per heavy atom. The molecule has 3 nitrogen and oxygen atoms in total. The average Bonchev–Trinajstić information content (AvgIpc) is 2.43. The number of nitrogens with zero attached hydrogens (tertiary/aromatic N) is 1. The SMILES string of the molecule is CCC(CC)N(CCOC)C(C)c1cccc(N)c1. The lowest BCUT2D eigenvalue weighted by atomic mass is 10.0. The zero-order valence-electron chi connectivity index (χ0n) is 12.7. The van der Waals surface area contributed by atoms with Gasteiger partial charge in [0.25, 0.3) is 0 Å². The number of nitrogens with two attached hydrogens (primary N) is 1. The van der Waals surface area contributed by atoms with Crippen LogP contribution in [0.3, 0.4) is 0 Å². The fourth-order valence-corrected chi connectivity index (χ4v) is 2.66. The summed E-state index contributed by atoms with van der Waals surface area (Å²) in [5, 5.41) is 0. The van der Waals surface area contributed by atoms with Crippen molar-refractivity contribution in [1.29, 1.82) is 0 Å². The zero-order chi connectivity index (χ0) is 14.3. The maximum atomic E-state index is 5.89. The zero-order valence-corrected chi connectivity index (χ0v) is 12.7. The number of hydrogen-bond acceptors (Lipinski definition) is 3. The summed E-state index contributed by atoms with van der Waals surface area (Å²) < 4.78 is 5.25. The van der Waals surface area contributed by atoms with Gasteiger partial charge < -0.3 is 10.5 Å². The predicted octanol–water partition coefficient (Wildman–Crippen LogP) is 3.47. The van der Waals surface area contributed by atoms with Gasteiger partial charge in [0.05, 0.1) is 6.61 Å². The second-order valence-corrected chi connectivity index (χ2v) is 5.05. The Labute approximate surface area is 117 Å². The van der Waals surface area contributed by atoms with Gasteiger partial charge in [0.1, 0.15) is 0 Å². The van der Waals surface area contributed by atoms with Crippen LogP contribution in [0.15, 0.2) is 24.3 Å². The molecule has 0 saturated heterocycles. The van der Waals surface area contributed by atoms with Gasteiger partial charge in [-0.05, 0) is 37.5 Å². The molecule has 2 N–H and O–H groups in total. The molecular weight excluding hydrogens is 236 g/mol. The van der Waals surface area contributed by atoms with Gasteiger partial charge in [-0.3, -0.25) is 4.90 Å². The summed E-state index contributed by atoms with van der Waals surface area (Å²) in [6, 6.07) is 9.15. The quantitative estimate of drug-likeness (QED) is 0.731. The number of hydrogen-bond donors (Lipinski definition) is 1. The molecule has 0 aliphatic carbocycles. The van der Waals surface area contributed by atoms with Crippen LogP contribution in [0, 0.1) is 0 Å². The Morgan fingerprint density at radius 3 is 2.47 bits per heavy atom. The van der Waals surface area contributed by atoms with E-state index < -0.39 is 0 Å². The Bertz CT molecular complexity index is 364. The van der Waals surface area contributed by atoms with Crippen molar-refractivity contribution >= 4 is 5.69 Å². The van der Waals surface area contributed by atoms with E-state index in [4.69, 9.17) is 10.5 Å². The molecule has 0 bridgehead atoms. The van der Waals surface area contributed by atoms with Crippen LogP contribution < -0.4 is 5.73 Å². The summed E-state index contributed by atoms with van der Waals surface area (Å²) in [6.07, 6.45) is 2.32. The molecule has 0 amide bonds. The van der Waals surface area contributed by atoms with Crippen molar-refractivity contribution in [3.05, 3.63) is 29.8 Å². The van der Waals surface area contributed by atoms with Crippen LogP contribution in [0.5, 0.6) is 0 Å². The van der Waals surface area contributed by atoms with Crippen molar-refractivity contribution in [2.75, 3.05) is 26.0 Å². The molecule has 0 saturated carbocycles. The minimum atomic E-state index is 0.364. The van der Waals surface area contributed by atoms with Gasteiger partial charge in [0, 0.05) is 31.4 Å². The standard InChI is InChI=1S/C16H28N2O/c1-5-16(6-2)18(10-11-19-4)13(3)14-8-7-9-15(17)12-14/h7-9,12-13,16H,5-6,10-11,17H2,1-4H3. The van der Waals surface area contributed by atoms with E-state index in [1.807, 2.05) is 12.1 Å². The van der Waals surface area contributed by atoms with Crippen molar-refractivity contribution < 1.29 is 4.74 Å². The number of methoxy groups -OCH3 is 1. The molecule has 0 spiro atoms. The van der Waals surface area contributed by atoms with Crippen molar-refractivity contribution in [2.24, 2.45) is 0 Å². The highest BCUT2D eigenvalue weighted by Gasteiger charge is 2.22. The number of rotatable bonds is 8. The third-order valence-electron chi connectivity index (χ3n) is 3.86. The Kier molecular flexibility index (Phi) is 6.89. The topological polar surface area (TPSA) is 38.5 Å². The number of anilines is 1. The van der Waals surface area contributed by atoms with Crippen molar-refractivity contribution in [1.82, 2.24) is 4.90 Å². The normalized spacial score (nSPS) is 13.2. The Morgan fingerprint density at radius 1 is 1.26 bits per heavy atom. The average molecular weight is 264 g/mol. The molecule has 1 atom stereocenters. The Balaban J connectivity index is 2.89. The van der Waals surface area contributed by atoms with Crippen LogP contribution in [0.1, 0.15) is 45.2 Å². The minimum Gasteiger partial charge on any atom is -0.399 e. The summed E-state index contributed by atoms with van der Waals surface area (Å²) in [4.78, 5) is 2.53. The van der Waals surface area contributed by atoms with Gasteiger partial charge in [-0.15, -0.1) is 0 Å². The molecule has 1 aromatic rings. The molecule has 0 aliphatic rings.